The van der Waals surface area contributed by atoms with Crippen LogP contribution in [-0.2, 0) is 6.54 Å². The average molecular weight is 405 g/mol. The lowest BCUT2D eigenvalue weighted by Crippen LogP contribution is -2.33. The van der Waals surface area contributed by atoms with Crippen LogP contribution in [0.2, 0.25) is 10.0 Å². The SMILES string of the molecule is Cc1onc(-c2c(Cl)cccc2Cl)c1C(=O)N(CCO)Cc1ccccc1. The maximum absolute atomic E-state index is 13.3. The molecule has 7 heteroatoms. The van der Waals surface area contributed by atoms with Gasteiger partial charge in [-0.1, -0.05) is 64.8 Å². The Morgan fingerprint density at radius 1 is 1.11 bits per heavy atom. The number of aliphatic hydroxyl groups excluding tert-OH is 1. The summed E-state index contributed by atoms with van der Waals surface area (Å²) < 4.78 is 5.28. The zero-order valence-corrected chi connectivity index (χ0v) is 16.2. The number of hydrogen-bond donors (Lipinski definition) is 1. The molecule has 0 fully saturated rings. The first kappa shape index (κ1) is 19.4. The number of carbonyl (C=O) groups is 1. The minimum Gasteiger partial charge on any atom is -0.395 e. The quantitative estimate of drug-likeness (QED) is 0.652. The van der Waals surface area contributed by atoms with Crippen LogP contribution in [0.25, 0.3) is 11.3 Å². The second kappa shape index (κ2) is 8.57. The van der Waals surface area contributed by atoms with Gasteiger partial charge < -0.3 is 14.5 Å². The molecular formula is C20H18Cl2N2O3. The lowest BCUT2D eigenvalue weighted by molar-refractivity contribution is 0.0706. The molecule has 0 aliphatic heterocycles. The summed E-state index contributed by atoms with van der Waals surface area (Å²) in [7, 11) is 0. The highest BCUT2D eigenvalue weighted by molar-refractivity contribution is 6.39. The van der Waals surface area contributed by atoms with Gasteiger partial charge in [0.15, 0.2) is 0 Å². The lowest BCUT2D eigenvalue weighted by atomic mass is 10.0. The molecule has 3 aromatic rings. The molecule has 2 aromatic carbocycles. The molecule has 0 saturated heterocycles. The number of nitrogens with zero attached hydrogens (tertiary/aromatic N) is 2. The van der Waals surface area contributed by atoms with Gasteiger partial charge in [-0.2, -0.15) is 0 Å². The van der Waals surface area contributed by atoms with Gasteiger partial charge in [-0.05, 0) is 24.6 Å². The Morgan fingerprint density at radius 3 is 2.41 bits per heavy atom. The highest BCUT2D eigenvalue weighted by Gasteiger charge is 2.28. The number of hydrogen-bond acceptors (Lipinski definition) is 4. The molecule has 0 aliphatic carbocycles. The molecular weight excluding hydrogens is 387 g/mol. The number of halogens is 2. The van der Waals surface area contributed by atoms with E-state index in [2.05, 4.69) is 5.16 Å². The number of benzene rings is 2. The summed E-state index contributed by atoms with van der Waals surface area (Å²) in [6, 6.07) is 14.6. The number of rotatable bonds is 6. The van der Waals surface area contributed by atoms with Crippen LogP contribution >= 0.6 is 23.2 Å². The summed E-state index contributed by atoms with van der Waals surface area (Å²) in [6.45, 7) is 2.02. The monoisotopic (exact) mass is 404 g/mol. The van der Waals surface area contributed by atoms with Crippen molar-refractivity contribution in [3.63, 3.8) is 0 Å². The largest absolute Gasteiger partial charge is 0.395 e. The highest BCUT2D eigenvalue weighted by Crippen LogP contribution is 2.37. The average Bonchev–Trinajstić information content (AvgIpc) is 3.03. The zero-order chi connectivity index (χ0) is 19.4. The van der Waals surface area contributed by atoms with Crippen molar-refractivity contribution in [2.75, 3.05) is 13.2 Å². The smallest absolute Gasteiger partial charge is 0.260 e. The zero-order valence-electron chi connectivity index (χ0n) is 14.7. The van der Waals surface area contributed by atoms with E-state index in [0.29, 0.717) is 33.6 Å². The molecule has 0 aliphatic rings. The maximum atomic E-state index is 13.3. The fraction of sp³-hybridized carbons (Fsp3) is 0.200. The molecule has 5 nitrogen and oxygen atoms in total. The third-order valence-corrected chi connectivity index (χ3v) is 4.78. The Labute approximate surface area is 167 Å². The number of aromatic nitrogens is 1. The minimum absolute atomic E-state index is 0.162. The van der Waals surface area contributed by atoms with Crippen molar-refractivity contribution in [1.29, 1.82) is 0 Å². The molecule has 27 heavy (non-hydrogen) atoms. The van der Waals surface area contributed by atoms with Gasteiger partial charge in [-0.25, -0.2) is 0 Å². The van der Waals surface area contributed by atoms with Crippen LogP contribution in [0.4, 0.5) is 0 Å². The van der Waals surface area contributed by atoms with Gasteiger partial charge in [0.2, 0.25) is 0 Å². The lowest BCUT2D eigenvalue weighted by Gasteiger charge is -2.22. The number of carbonyl (C=O) groups excluding carboxylic acids is 1. The molecule has 0 atom stereocenters. The second-order valence-corrected chi connectivity index (χ2v) is 6.81. The van der Waals surface area contributed by atoms with Gasteiger partial charge in [0.05, 0.1) is 16.7 Å². The van der Waals surface area contributed by atoms with E-state index in [1.807, 2.05) is 30.3 Å². The third kappa shape index (κ3) is 4.16. The second-order valence-electron chi connectivity index (χ2n) is 5.99. The van der Waals surface area contributed by atoms with Crippen LogP contribution in [0.1, 0.15) is 21.7 Å². The van der Waals surface area contributed by atoms with E-state index in [1.165, 1.54) is 0 Å². The van der Waals surface area contributed by atoms with Gasteiger partial charge in [-0.3, -0.25) is 4.79 Å². The summed E-state index contributed by atoms with van der Waals surface area (Å²) in [6.07, 6.45) is 0. The maximum Gasteiger partial charge on any atom is 0.260 e. The molecule has 1 heterocycles. The normalized spacial score (nSPS) is 10.8. The van der Waals surface area contributed by atoms with Crippen molar-refractivity contribution in [2.24, 2.45) is 0 Å². The van der Waals surface area contributed by atoms with Crippen LogP contribution < -0.4 is 0 Å². The first-order valence-corrected chi connectivity index (χ1v) is 9.13. The molecule has 3 rings (SSSR count). The van der Waals surface area contributed by atoms with E-state index in [9.17, 15) is 9.90 Å². The van der Waals surface area contributed by atoms with E-state index in [4.69, 9.17) is 27.7 Å². The van der Waals surface area contributed by atoms with Gasteiger partial charge in [-0.15, -0.1) is 0 Å². The fourth-order valence-corrected chi connectivity index (χ4v) is 3.43. The Morgan fingerprint density at radius 2 is 1.78 bits per heavy atom. The Kier molecular flexibility index (Phi) is 6.16. The Bertz CT molecular complexity index is 921. The fourth-order valence-electron chi connectivity index (χ4n) is 2.85. The van der Waals surface area contributed by atoms with Gasteiger partial charge >= 0.3 is 0 Å². The summed E-state index contributed by atoms with van der Waals surface area (Å²) in [5.41, 5.74) is 1.98. The van der Waals surface area contributed by atoms with Crippen LogP contribution in [0.15, 0.2) is 53.1 Å². The first-order chi connectivity index (χ1) is 13.0. The molecule has 0 radical (unpaired) electrons. The van der Waals surface area contributed by atoms with Crippen LogP contribution in [-0.4, -0.2) is 34.2 Å². The Balaban J connectivity index is 2.02. The summed E-state index contributed by atoms with van der Waals surface area (Å²) in [5, 5.41) is 14.2. The van der Waals surface area contributed by atoms with Crippen molar-refractivity contribution in [3.8, 4) is 11.3 Å². The van der Waals surface area contributed by atoms with Gasteiger partial charge in [0, 0.05) is 18.7 Å². The van der Waals surface area contributed by atoms with E-state index < -0.39 is 0 Å². The van der Waals surface area contributed by atoms with Gasteiger partial charge in [0.1, 0.15) is 17.0 Å². The van der Waals surface area contributed by atoms with Crippen LogP contribution in [0.5, 0.6) is 0 Å². The van der Waals surface area contributed by atoms with Crippen molar-refractivity contribution in [3.05, 3.63) is 75.5 Å². The van der Waals surface area contributed by atoms with Crippen LogP contribution in [0.3, 0.4) is 0 Å². The van der Waals surface area contributed by atoms with Crippen molar-refractivity contribution < 1.29 is 14.4 Å². The van der Waals surface area contributed by atoms with E-state index in [0.717, 1.165) is 5.56 Å². The highest BCUT2D eigenvalue weighted by atomic mass is 35.5. The summed E-state index contributed by atoms with van der Waals surface area (Å²) >= 11 is 12.6. The van der Waals surface area contributed by atoms with E-state index >= 15 is 0 Å². The predicted octanol–water partition coefficient (Wildman–Crippen LogP) is 4.59. The number of amides is 1. The van der Waals surface area contributed by atoms with E-state index in [-0.39, 0.29) is 24.6 Å². The first-order valence-electron chi connectivity index (χ1n) is 8.37. The molecule has 0 bridgehead atoms. The molecule has 0 spiro atoms. The summed E-state index contributed by atoms with van der Waals surface area (Å²) in [5.74, 6) is 0.0552. The number of aliphatic hydroxyl groups is 1. The van der Waals surface area contributed by atoms with Gasteiger partial charge in [0.25, 0.3) is 5.91 Å². The molecule has 1 amide bonds. The molecule has 1 N–H and O–H groups in total. The number of aryl methyl sites for hydroxylation is 1. The van der Waals surface area contributed by atoms with Crippen molar-refractivity contribution in [1.82, 2.24) is 10.1 Å². The van der Waals surface area contributed by atoms with Crippen LogP contribution in [0, 0.1) is 6.92 Å². The van der Waals surface area contributed by atoms with Crippen molar-refractivity contribution >= 4 is 29.1 Å². The van der Waals surface area contributed by atoms with Crippen molar-refractivity contribution in [2.45, 2.75) is 13.5 Å². The molecule has 1 aromatic heterocycles. The molecule has 140 valence electrons. The summed E-state index contributed by atoms with van der Waals surface area (Å²) in [4.78, 5) is 14.8. The minimum atomic E-state index is -0.308. The Hall–Kier alpha value is -2.34. The predicted molar refractivity (Wildman–Crippen MR) is 105 cm³/mol. The van der Waals surface area contributed by atoms with E-state index in [1.54, 1.807) is 30.0 Å². The molecule has 0 unspecified atom stereocenters. The third-order valence-electron chi connectivity index (χ3n) is 4.15. The standard InChI is InChI=1S/C20H18Cl2N2O3/c1-13-17(19(23-27-13)18-15(21)8-5-9-16(18)22)20(26)24(10-11-25)12-14-6-3-2-4-7-14/h2-9,25H,10-12H2,1H3. The molecule has 0 saturated carbocycles. The topological polar surface area (TPSA) is 66.6 Å².